The molecule has 34 heavy (non-hydrogen) atoms. The first-order chi connectivity index (χ1) is 16.2. The number of hydrogen-bond donors (Lipinski definition) is 2. The largest absolute Gasteiger partial charge is 0.477 e. The second-order valence-corrected chi connectivity index (χ2v) is 8.42. The number of hydrogen-bond acceptors (Lipinski definition) is 6. The van der Waals surface area contributed by atoms with Gasteiger partial charge in [-0.15, -0.1) is 0 Å². The molecule has 8 nitrogen and oxygen atoms in total. The molecule has 176 valence electrons. The Morgan fingerprint density at radius 2 is 1.88 bits per heavy atom. The molecule has 2 aliphatic rings. The van der Waals surface area contributed by atoms with E-state index in [-0.39, 0.29) is 34.2 Å². The Kier molecular flexibility index (Phi) is 5.08. The number of aromatic nitrogens is 1. The molecule has 2 aliphatic heterocycles. The monoisotopic (exact) mass is 472 g/mol. The predicted molar refractivity (Wildman–Crippen MR) is 118 cm³/mol. The van der Waals surface area contributed by atoms with Gasteiger partial charge in [-0.1, -0.05) is 5.16 Å². The number of halogens is 3. The number of nitrogens with one attached hydrogen (secondary N) is 1. The van der Waals surface area contributed by atoms with Crippen molar-refractivity contribution in [3.8, 4) is 5.69 Å². The van der Waals surface area contributed by atoms with Crippen LogP contribution >= 0.6 is 0 Å². The van der Waals surface area contributed by atoms with E-state index < -0.39 is 34.4 Å². The van der Waals surface area contributed by atoms with Gasteiger partial charge < -0.3 is 24.7 Å². The second-order valence-electron chi connectivity index (χ2n) is 8.42. The van der Waals surface area contributed by atoms with E-state index in [2.05, 4.69) is 10.5 Å². The topological polar surface area (TPSA) is 96.2 Å². The summed E-state index contributed by atoms with van der Waals surface area (Å²) in [6.45, 7) is 2.01. The predicted octanol–water partition coefficient (Wildman–Crippen LogP) is 2.52. The number of rotatable bonds is 4. The fourth-order valence-electron chi connectivity index (χ4n) is 4.61. The first-order valence-corrected chi connectivity index (χ1v) is 10.4. The first kappa shape index (κ1) is 22.0. The molecule has 3 aromatic rings. The third kappa shape index (κ3) is 3.31. The maximum absolute atomic E-state index is 15.3. The average molecular weight is 472 g/mol. The van der Waals surface area contributed by atoms with Crippen LogP contribution in [0.5, 0.6) is 0 Å². The van der Waals surface area contributed by atoms with Gasteiger partial charge in [0.25, 0.3) is 0 Å². The molecule has 3 heterocycles. The highest BCUT2D eigenvalue weighted by molar-refractivity contribution is 5.99. The Hall–Kier alpha value is -3.86. The summed E-state index contributed by atoms with van der Waals surface area (Å²) in [7, 11) is 1.43. The standard InChI is InChI=1S/C23H19F3N4O4/c1-34-28-20-8-29(11-23(20)9-27-10-23)19-6-18-13(5-16(19)26)21(31)14(22(32)33)7-30(18)17-3-2-12(24)4-15(17)25/h2-7,27H,8-11H2,1H3,(H,32,33). The van der Waals surface area contributed by atoms with Crippen LogP contribution < -0.4 is 15.6 Å². The number of benzene rings is 2. The van der Waals surface area contributed by atoms with Crippen molar-refractivity contribution in [1.82, 2.24) is 9.88 Å². The third-order valence-corrected chi connectivity index (χ3v) is 6.39. The minimum atomic E-state index is -1.55. The summed E-state index contributed by atoms with van der Waals surface area (Å²) >= 11 is 0. The number of anilines is 1. The van der Waals surface area contributed by atoms with Crippen molar-refractivity contribution in [3.05, 3.63) is 69.8 Å². The molecular formula is C23H19F3N4O4. The summed E-state index contributed by atoms with van der Waals surface area (Å²) in [5.41, 5.74) is -1.11. The lowest BCUT2D eigenvalue weighted by molar-refractivity contribution is 0.0695. The molecule has 2 fully saturated rings. The molecule has 5 rings (SSSR count). The number of carboxylic acids is 1. The minimum Gasteiger partial charge on any atom is -0.477 e. The lowest BCUT2D eigenvalue weighted by atomic mass is 9.79. The number of fused-ring (bicyclic) bond motifs is 1. The van der Waals surface area contributed by atoms with Crippen LogP contribution in [0.3, 0.4) is 0 Å². The van der Waals surface area contributed by atoms with Crippen LogP contribution in [0, 0.1) is 22.9 Å². The zero-order valence-corrected chi connectivity index (χ0v) is 17.9. The van der Waals surface area contributed by atoms with Gasteiger partial charge in [-0.2, -0.15) is 0 Å². The number of nitrogens with zero attached hydrogens (tertiary/aromatic N) is 3. The SMILES string of the molecule is CON=C1CN(c2cc3c(cc2F)c(=O)c(C(=O)O)cn3-c2ccc(F)cc2F)CC12CNC2. The molecule has 0 unspecified atom stereocenters. The van der Waals surface area contributed by atoms with Crippen molar-refractivity contribution in [2.75, 3.05) is 38.2 Å². The zero-order chi connectivity index (χ0) is 24.2. The van der Waals surface area contributed by atoms with Gasteiger partial charge in [0.2, 0.25) is 5.43 Å². The lowest BCUT2D eigenvalue weighted by Gasteiger charge is -2.38. The van der Waals surface area contributed by atoms with Gasteiger partial charge in [0, 0.05) is 37.3 Å². The van der Waals surface area contributed by atoms with E-state index in [0.29, 0.717) is 25.7 Å². The molecule has 0 aliphatic carbocycles. The highest BCUT2D eigenvalue weighted by Gasteiger charge is 2.49. The van der Waals surface area contributed by atoms with E-state index in [1.54, 1.807) is 4.90 Å². The fraction of sp³-hybridized carbons (Fsp3) is 0.261. The molecule has 0 saturated carbocycles. The number of aromatic carboxylic acids is 1. The zero-order valence-electron chi connectivity index (χ0n) is 17.9. The van der Waals surface area contributed by atoms with Crippen molar-refractivity contribution in [3.63, 3.8) is 0 Å². The number of oxime groups is 1. The number of carboxylic acid groups (broad SMARTS) is 1. The van der Waals surface area contributed by atoms with E-state index in [0.717, 1.165) is 34.7 Å². The summed E-state index contributed by atoms with van der Waals surface area (Å²) in [6.07, 6.45) is 0.962. The van der Waals surface area contributed by atoms with Crippen LogP contribution in [-0.2, 0) is 4.84 Å². The van der Waals surface area contributed by atoms with Gasteiger partial charge in [0.15, 0.2) is 0 Å². The van der Waals surface area contributed by atoms with E-state index >= 15 is 4.39 Å². The molecule has 1 aromatic heterocycles. The maximum atomic E-state index is 15.3. The summed E-state index contributed by atoms with van der Waals surface area (Å²) < 4.78 is 44.6. The summed E-state index contributed by atoms with van der Waals surface area (Å²) in [6, 6.07) is 5.10. The van der Waals surface area contributed by atoms with E-state index in [1.165, 1.54) is 13.2 Å². The molecule has 0 bridgehead atoms. The molecule has 0 amide bonds. The number of pyridine rings is 1. The van der Waals surface area contributed by atoms with Gasteiger partial charge in [0.05, 0.1) is 34.6 Å². The maximum Gasteiger partial charge on any atom is 0.341 e. The normalized spacial score (nSPS) is 18.0. The average Bonchev–Trinajstić information content (AvgIpc) is 3.14. The molecular weight excluding hydrogens is 453 g/mol. The van der Waals surface area contributed by atoms with Gasteiger partial charge in [0.1, 0.15) is 30.1 Å². The van der Waals surface area contributed by atoms with Crippen molar-refractivity contribution < 1.29 is 27.9 Å². The Morgan fingerprint density at radius 1 is 1.15 bits per heavy atom. The highest BCUT2D eigenvalue weighted by Crippen LogP contribution is 2.37. The molecule has 0 atom stereocenters. The van der Waals surface area contributed by atoms with Crippen LogP contribution in [0.2, 0.25) is 0 Å². The molecule has 0 radical (unpaired) electrons. The quantitative estimate of drug-likeness (QED) is 0.567. The highest BCUT2D eigenvalue weighted by atomic mass is 19.1. The van der Waals surface area contributed by atoms with Crippen molar-refractivity contribution in [1.29, 1.82) is 0 Å². The van der Waals surface area contributed by atoms with Crippen LogP contribution in [0.4, 0.5) is 18.9 Å². The Morgan fingerprint density at radius 3 is 2.50 bits per heavy atom. The van der Waals surface area contributed by atoms with Crippen LogP contribution in [0.1, 0.15) is 10.4 Å². The van der Waals surface area contributed by atoms with Gasteiger partial charge in [-0.3, -0.25) is 4.79 Å². The molecule has 1 spiro atoms. The van der Waals surface area contributed by atoms with Crippen molar-refractivity contribution >= 4 is 28.3 Å². The minimum absolute atomic E-state index is 0.0785. The van der Waals surface area contributed by atoms with E-state index in [1.807, 2.05) is 0 Å². The molecule has 11 heteroatoms. The summed E-state index contributed by atoms with van der Waals surface area (Å²) in [5, 5.41) is 16.5. The Bertz CT molecular complexity index is 1430. The second kappa shape index (κ2) is 7.87. The van der Waals surface area contributed by atoms with Gasteiger partial charge >= 0.3 is 5.97 Å². The summed E-state index contributed by atoms with van der Waals surface area (Å²) in [4.78, 5) is 31.2. The van der Waals surface area contributed by atoms with Crippen molar-refractivity contribution in [2.24, 2.45) is 10.6 Å². The lowest BCUT2D eigenvalue weighted by Crippen LogP contribution is -2.58. The molecule has 2 N–H and O–H groups in total. The van der Waals surface area contributed by atoms with Crippen LogP contribution in [0.15, 0.2) is 46.5 Å². The van der Waals surface area contributed by atoms with E-state index in [4.69, 9.17) is 4.84 Å². The van der Waals surface area contributed by atoms with Crippen LogP contribution in [0.25, 0.3) is 16.6 Å². The number of carbonyl (C=O) groups is 1. The fourth-order valence-corrected chi connectivity index (χ4v) is 4.61. The van der Waals surface area contributed by atoms with E-state index in [9.17, 15) is 23.5 Å². The Labute approximate surface area is 190 Å². The molecule has 2 saturated heterocycles. The van der Waals surface area contributed by atoms with Gasteiger partial charge in [-0.25, -0.2) is 18.0 Å². The van der Waals surface area contributed by atoms with Crippen LogP contribution in [-0.4, -0.2) is 54.6 Å². The summed E-state index contributed by atoms with van der Waals surface area (Å²) in [5.74, 6) is -4.08. The molecule has 2 aromatic carbocycles. The Balaban J connectivity index is 1.73. The first-order valence-electron chi connectivity index (χ1n) is 10.4. The van der Waals surface area contributed by atoms with Gasteiger partial charge in [-0.05, 0) is 24.3 Å². The smallest absolute Gasteiger partial charge is 0.341 e. The van der Waals surface area contributed by atoms with Crippen molar-refractivity contribution in [2.45, 2.75) is 0 Å². The third-order valence-electron chi connectivity index (χ3n) is 6.39.